The van der Waals surface area contributed by atoms with Gasteiger partial charge in [-0.25, -0.2) is 9.59 Å². The molecule has 0 aromatic rings. The van der Waals surface area contributed by atoms with Crippen molar-refractivity contribution < 1.29 is 24.3 Å². The number of imide groups is 1. The van der Waals surface area contributed by atoms with Crippen molar-refractivity contribution in [3.8, 4) is 12.3 Å². The molecule has 1 atom stereocenters. The molecular formula is C13H17N3O5. The van der Waals surface area contributed by atoms with Crippen LogP contribution in [0.2, 0.25) is 0 Å². The highest BCUT2D eigenvalue weighted by atomic mass is 16.4. The summed E-state index contributed by atoms with van der Waals surface area (Å²) < 4.78 is 0. The van der Waals surface area contributed by atoms with Gasteiger partial charge in [0, 0.05) is 19.4 Å². The Morgan fingerprint density at radius 2 is 2.10 bits per heavy atom. The van der Waals surface area contributed by atoms with Gasteiger partial charge in [0.25, 0.3) is 5.91 Å². The maximum atomic E-state index is 11.9. The summed E-state index contributed by atoms with van der Waals surface area (Å²) in [6.45, 7) is 2.99. The van der Waals surface area contributed by atoms with E-state index in [2.05, 4.69) is 16.6 Å². The van der Waals surface area contributed by atoms with Gasteiger partial charge in [0.05, 0.1) is 0 Å². The Labute approximate surface area is 121 Å². The number of terminal acetylenes is 1. The molecule has 1 aliphatic rings. The van der Waals surface area contributed by atoms with Gasteiger partial charge < -0.3 is 15.7 Å². The number of carbonyl (C=O) groups excluding carboxylic acids is 3. The van der Waals surface area contributed by atoms with Crippen LogP contribution in [0.4, 0.5) is 4.79 Å². The molecule has 8 heteroatoms. The SMILES string of the molecule is C#CCC(NC(=O)CCN1C(=O)NC(C)(C)C1=O)C(=O)O. The number of nitrogens with one attached hydrogen (secondary N) is 2. The van der Waals surface area contributed by atoms with E-state index in [1.54, 1.807) is 13.8 Å². The lowest BCUT2D eigenvalue weighted by atomic mass is 10.1. The average Bonchev–Trinajstić information content (AvgIpc) is 2.56. The third-order valence-corrected chi connectivity index (χ3v) is 2.96. The van der Waals surface area contributed by atoms with Crippen molar-refractivity contribution in [3.05, 3.63) is 0 Å². The molecule has 1 rings (SSSR count). The number of carboxylic acids is 1. The van der Waals surface area contributed by atoms with Crippen LogP contribution in [0.15, 0.2) is 0 Å². The number of carbonyl (C=O) groups is 4. The number of nitrogens with zero attached hydrogens (tertiary/aromatic N) is 1. The number of rotatable bonds is 6. The molecule has 0 spiro atoms. The highest BCUT2D eigenvalue weighted by Gasteiger charge is 2.44. The highest BCUT2D eigenvalue weighted by Crippen LogP contribution is 2.16. The van der Waals surface area contributed by atoms with E-state index in [1.807, 2.05) is 0 Å². The van der Waals surface area contributed by atoms with Gasteiger partial charge in [0.1, 0.15) is 11.6 Å². The van der Waals surface area contributed by atoms with E-state index in [-0.39, 0.29) is 19.4 Å². The molecular weight excluding hydrogens is 278 g/mol. The zero-order valence-corrected chi connectivity index (χ0v) is 11.8. The standard InChI is InChI=1S/C13H17N3O5/c1-4-5-8(10(18)19)14-9(17)6-7-16-11(20)13(2,3)15-12(16)21/h1,8H,5-7H2,2-3H3,(H,14,17)(H,15,21)(H,18,19). The van der Waals surface area contributed by atoms with Gasteiger partial charge in [0.15, 0.2) is 0 Å². The summed E-state index contributed by atoms with van der Waals surface area (Å²) in [5, 5.41) is 13.6. The molecule has 21 heavy (non-hydrogen) atoms. The third kappa shape index (κ3) is 3.95. The lowest BCUT2D eigenvalue weighted by Crippen LogP contribution is -2.43. The Bertz CT molecular complexity index is 520. The molecule has 0 radical (unpaired) electrons. The normalized spacial score (nSPS) is 17.9. The lowest BCUT2D eigenvalue weighted by Gasteiger charge is -2.16. The first-order valence-electron chi connectivity index (χ1n) is 6.28. The van der Waals surface area contributed by atoms with Gasteiger partial charge in [-0.15, -0.1) is 12.3 Å². The van der Waals surface area contributed by atoms with E-state index in [0.717, 1.165) is 4.90 Å². The molecule has 8 nitrogen and oxygen atoms in total. The number of carboxylic acid groups (broad SMARTS) is 1. The second kappa shape index (κ2) is 6.26. The molecule has 3 N–H and O–H groups in total. The molecule has 1 fully saturated rings. The van der Waals surface area contributed by atoms with E-state index >= 15 is 0 Å². The fourth-order valence-corrected chi connectivity index (χ4v) is 1.82. The smallest absolute Gasteiger partial charge is 0.327 e. The summed E-state index contributed by atoms with van der Waals surface area (Å²) in [6.07, 6.45) is 4.68. The molecule has 0 aromatic carbocycles. The predicted molar refractivity (Wildman–Crippen MR) is 72.0 cm³/mol. The average molecular weight is 295 g/mol. The van der Waals surface area contributed by atoms with Crippen LogP contribution in [0.1, 0.15) is 26.7 Å². The fraction of sp³-hybridized carbons (Fsp3) is 0.538. The van der Waals surface area contributed by atoms with E-state index in [4.69, 9.17) is 11.5 Å². The summed E-state index contributed by atoms with van der Waals surface area (Å²) in [7, 11) is 0. The lowest BCUT2D eigenvalue weighted by molar-refractivity contribution is -0.141. The predicted octanol–water partition coefficient (Wildman–Crippen LogP) is -0.700. The quantitative estimate of drug-likeness (QED) is 0.442. The van der Waals surface area contributed by atoms with Crippen LogP contribution in [0.3, 0.4) is 0 Å². The van der Waals surface area contributed by atoms with Crippen LogP contribution < -0.4 is 10.6 Å². The van der Waals surface area contributed by atoms with Gasteiger partial charge in [-0.1, -0.05) is 0 Å². The van der Waals surface area contributed by atoms with Crippen LogP contribution in [-0.4, -0.2) is 51.9 Å². The van der Waals surface area contributed by atoms with Crippen LogP contribution in [0.5, 0.6) is 0 Å². The van der Waals surface area contributed by atoms with Crippen LogP contribution in [0.25, 0.3) is 0 Å². The van der Waals surface area contributed by atoms with Crippen molar-refractivity contribution in [2.75, 3.05) is 6.54 Å². The molecule has 1 saturated heterocycles. The molecule has 0 aliphatic carbocycles. The monoisotopic (exact) mass is 295 g/mol. The molecule has 1 unspecified atom stereocenters. The zero-order valence-electron chi connectivity index (χ0n) is 11.8. The van der Waals surface area contributed by atoms with Crippen LogP contribution >= 0.6 is 0 Å². The number of amides is 4. The van der Waals surface area contributed by atoms with E-state index in [0.29, 0.717) is 0 Å². The summed E-state index contributed by atoms with van der Waals surface area (Å²) in [5.41, 5.74) is -0.999. The minimum atomic E-state index is -1.24. The zero-order chi connectivity index (χ0) is 16.2. The van der Waals surface area contributed by atoms with Crippen molar-refractivity contribution in [1.82, 2.24) is 15.5 Å². The van der Waals surface area contributed by atoms with Gasteiger partial charge in [-0.3, -0.25) is 14.5 Å². The minimum absolute atomic E-state index is 0.123. The molecule has 0 aromatic heterocycles. The molecule has 0 bridgehead atoms. The molecule has 114 valence electrons. The second-order valence-corrected chi connectivity index (χ2v) is 5.13. The summed E-state index contributed by atoms with van der Waals surface area (Å²) >= 11 is 0. The Morgan fingerprint density at radius 3 is 2.52 bits per heavy atom. The molecule has 4 amide bonds. The number of urea groups is 1. The maximum Gasteiger partial charge on any atom is 0.327 e. The first-order chi connectivity index (χ1) is 9.69. The van der Waals surface area contributed by atoms with Crippen molar-refractivity contribution in [3.63, 3.8) is 0 Å². The summed E-state index contributed by atoms with van der Waals surface area (Å²) in [5.74, 6) is -0.112. The minimum Gasteiger partial charge on any atom is -0.480 e. The third-order valence-electron chi connectivity index (χ3n) is 2.96. The second-order valence-electron chi connectivity index (χ2n) is 5.13. The van der Waals surface area contributed by atoms with Crippen LogP contribution in [0, 0.1) is 12.3 Å². The molecule has 1 heterocycles. The van der Waals surface area contributed by atoms with Gasteiger partial charge >= 0.3 is 12.0 Å². The number of hydrogen-bond donors (Lipinski definition) is 3. The number of aliphatic carboxylic acids is 1. The van der Waals surface area contributed by atoms with Crippen molar-refractivity contribution in [2.45, 2.75) is 38.3 Å². The Hall–Kier alpha value is -2.56. The Balaban J connectivity index is 2.54. The fourth-order valence-electron chi connectivity index (χ4n) is 1.82. The highest BCUT2D eigenvalue weighted by molar-refractivity contribution is 6.06. The van der Waals surface area contributed by atoms with Gasteiger partial charge in [-0.05, 0) is 13.8 Å². The van der Waals surface area contributed by atoms with E-state index in [9.17, 15) is 19.2 Å². The largest absolute Gasteiger partial charge is 0.480 e. The van der Waals surface area contributed by atoms with Gasteiger partial charge in [-0.2, -0.15) is 0 Å². The first-order valence-corrected chi connectivity index (χ1v) is 6.28. The van der Waals surface area contributed by atoms with E-state index in [1.165, 1.54) is 0 Å². The first kappa shape index (κ1) is 16.5. The van der Waals surface area contributed by atoms with Crippen molar-refractivity contribution >= 4 is 23.8 Å². The Kier molecular flexibility index (Phi) is 4.92. The Morgan fingerprint density at radius 1 is 1.48 bits per heavy atom. The molecule has 0 saturated carbocycles. The van der Waals surface area contributed by atoms with Gasteiger partial charge in [0.2, 0.25) is 5.91 Å². The number of hydrogen-bond acceptors (Lipinski definition) is 4. The van der Waals surface area contributed by atoms with Crippen LogP contribution in [-0.2, 0) is 14.4 Å². The van der Waals surface area contributed by atoms with E-state index < -0.39 is 35.4 Å². The topological polar surface area (TPSA) is 116 Å². The summed E-state index contributed by atoms with van der Waals surface area (Å²) in [6, 6.07) is -1.75. The molecule has 1 aliphatic heterocycles. The van der Waals surface area contributed by atoms with Crippen molar-refractivity contribution in [1.29, 1.82) is 0 Å². The summed E-state index contributed by atoms with van der Waals surface area (Å²) in [4.78, 5) is 46.9. The van der Waals surface area contributed by atoms with Crippen molar-refractivity contribution in [2.24, 2.45) is 0 Å². The maximum absolute atomic E-state index is 11.9.